The van der Waals surface area contributed by atoms with Crippen LogP contribution in [0.3, 0.4) is 0 Å². The number of aromatic amines is 1. The van der Waals surface area contributed by atoms with E-state index in [1.165, 1.54) is 0 Å². The van der Waals surface area contributed by atoms with E-state index in [0.29, 0.717) is 23.1 Å². The van der Waals surface area contributed by atoms with E-state index in [-0.39, 0.29) is 18.1 Å². The molecule has 0 aliphatic carbocycles. The zero-order chi connectivity index (χ0) is 21.3. The lowest BCUT2D eigenvalue weighted by atomic mass is 10.2. The number of anilines is 1. The Kier molecular flexibility index (Phi) is 5.18. The minimum absolute atomic E-state index is 0.00835. The fourth-order valence-corrected chi connectivity index (χ4v) is 2.92. The van der Waals surface area contributed by atoms with E-state index in [1.807, 2.05) is 33.8 Å². The fraction of sp³-hybridized carbons (Fsp3) is 0.286. The number of ether oxygens (including phenoxy) is 1. The number of hydrogen-bond donors (Lipinski definition) is 2. The Balaban J connectivity index is 1.56. The molecule has 4 aromatic heterocycles. The van der Waals surface area contributed by atoms with Gasteiger partial charge in [-0.1, -0.05) is 0 Å². The molecule has 4 rings (SSSR count). The number of fused-ring (bicyclic) bond motifs is 1. The third-order valence-electron chi connectivity index (χ3n) is 4.39. The molecule has 0 fully saturated rings. The molecule has 2 N–H and O–H groups in total. The van der Waals surface area contributed by atoms with Crippen molar-refractivity contribution in [3.63, 3.8) is 0 Å². The maximum Gasteiger partial charge on any atom is 0.317 e. The van der Waals surface area contributed by atoms with Gasteiger partial charge in [0.15, 0.2) is 0 Å². The molecule has 1 amide bonds. The summed E-state index contributed by atoms with van der Waals surface area (Å²) in [6, 6.07) is 6.06. The molecular formula is C21H23N7O2. The molecule has 0 saturated carbocycles. The number of aromatic nitrogens is 6. The first-order valence-electron chi connectivity index (χ1n) is 9.73. The van der Waals surface area contributed by atoms with Gasteiger partial charge in [-0.3, -0.25) is 9.48 Å². The Labute approximate surface area is 173 Å². The number of rotatable bonds is 6. The first kappa shape index (κ1) is 19.6. The fourth-order valence-electron chi connectivity index (χ4n) is 2.92. The van der Waals surface area contributed by atoms with Gasteiger partial charge in [0.1, 0.15) is 5.82 Å². The van der Waals surface area contributed by atoms with Gasteiger partial charge in [-0.15, -0.1) is 0 Å². The first-order valence-corrected chi connectivity index (χ1v) is 9.73. The number of hydrogen-bond acceptors (Lipinski definition) is 6. The number of carbonyl (C=O) groups excluding carboxylic acids is 1. The van der Waals surface area contributed by atoms with E-state index in [4.69, 9.17) is 4.74 Å². The molecule has 0 radical (unpaired) electrons. The van der Waals surface area contributed by atoms with Crippen LogP contribution in [0.2, 0.25) is 0 Å². The standard InChI is InChI=1S/C21H23N7O2/c1-12(2)28-11-15(10-24-28)20(29)27-19-8-17-14(9-23-19)7-18(25-17)16-5-6-22-21(26-16)30-13(3)4/h5-13,25H,1-4H3,(H,23,27,29). The van der Waals surface area contributed by atoms with Gasteiger partial charge >= 0.3 is 6.01 Å². The zero-order valence-electron chi connectivity index (χ0n) is 17.2. The molecule has 0 aromatic carbocycles. The van der Waals surface area contributed by atoms with Gasteiger partial charge in [-0.25, -0.2) is 9.97 Å². The third-order valence-corrected chi connectivity index (χ3v) is 4.39. The summed E-state index contributed by atoms with van der Waals surface area (Å²) in [4.78, 5) is 28.7. The van der Waals surface area contributed by atoms with Crippen LogP contribution in [0.25, 0.3) is 22.3 Å². The smallest absolute Gasteiger partial charge is 0.317 e. The molecule has 0 atom stereocenters. The summed E-state index contributed by atoms with van der Waals surface area (Å²) in [6.07, 6.45) is 6.62. The maximum absolute atomic E-state index is 12.5. The molecule has 0 aliphatic heterocycles. The highest BCUT2D eigenvalue weighted by atomic mass is 16.5. The summed E-state index contributed by atoms with van der Waals surface area (Å²) < 4.78 is 7.31. The number of H-pyrrole nitrogens is 1. The number of pyridine rings is 1. The molecule has 9 nitrogen and oxygen atoms in total. The number of nitrogens with zero attached hydrogens (tertiary/aromatic N) is 5. The predicted molar refractivity (Wildman–Crippen MR) is 113 cm³/mol. The molecule has 30 heavy (non-hydrogen) atoms. The Morgan fingerprint density at radius 3 is 2.73 bits per heavy atom. The van der Waals surface area contributed by atoms with Gasteiger partial charge in [0.25, 0.3) is 5.91 Å². The average Bonchev–Trinajstić information content (AvgIpc) is 3.35. The summed E-state index contributed by atoms with van der Waals surface area (Å²) in [7, 11) is 0. The van der Waals surface area contributed by atoms with Crippen LogP contribution in [0.5, 0.6) is 6.01 Å². The monoisotopic (exact) mass is 405 g/mol. The van der Waals surface area contributed by atoms with Crippen molar-refractivity contribution in [2.75, 3.05) is 5.32 Å². The Hall–Kier alpha value is -3.75. The van der Waals surface area contributed by atoms with Crippen molar-refractivity contribution in [1.29, 1.82) is 0 Å². The highest BCUT2D eigenvalue weighted by Crippen LogP contribution is 2.25. The first-order chi connectivity index (χ1) is 14.4. The van der Waals surface area contributed by atoms with Gasteiger partial charge < -0.3 is 15.0 Å². The van der Waals surface area contributed by atoms with Crippen LogP contribution in [-0.2, 0) is 0 Å². The summed E-state index contributed by atoms with van der Waals surface area (Å²) in [6.45, 7) is 7.85. The molecular weight excluding hydrogens is 382 g/mol. The Morgan fingerprint density at radius 1 is 1.17 bits per heavy atom. The highest BCUT2D eigenvalue weighted by Gasteiger charge is 2.13. The van der Waals surface area contributed by atoms with Crippen LogP contribution in [-0.4, -0.2) is 41.7 Å². The van der Waals surface area contributed by atoms with Crippen molar-refractivity contribution in [3.05, 3.63) is 48.5 Å². The second-order valence-corrected chi connectivity index (χ2v) is 7.49. The highest BCUT2D eigenvalue weighted by molar-refractivity contribution is 6.04. The predicted octanol–water partition coefficient (Wildman–Crippen LogP) is 3.84. The van der Waals surface area contributed by atoms with Crippen LogP contribution >= 0.6 is 0 Å². The topological polar surface area (TPSA) is 111 Å². The Bertz CT molecular complexity index is 1190. The second kappa shape index (κ2) is 7.94. The lowest BCUT2D eigenvalue weighted by Crippen LogP contribution is -2.12. The number of nitrogens with one attached hydrogen (secondary N) is 2. The normalized spacial score (nSPS) is 11.4. The lowest BCUT2D eigenvalue weighted by molar-refractivity contribution is 0.102. The lowest BCUT2D eigenvalue weighted by Gasteiger charge is -2.07. The van der Waals surface area contributed by atoms with Crippen LogP contribution in [0.1, 0.15) is 44.1 Å². The van der Waals surface area contributed by atoms with E-state index in [1.54, 1.807) is 41.6 Å². The molecule has 4 aromatic rings. The van der Waals surface area contributed by atoms with Gasteiger partial charge in [0.2, 0.25) is 0 Å². The van der Waals surface area contributed by atoms with Crippen molar-refractivity contribution in [2.45, 2.75) is 39.8 Å². The van der Waals surface area contributed by atoms with E-state index < -0.39 is 0 Å². The van der Waals surface area contributed by atoms with E-state index in [0.717, 1.165) is 16.6 Å². The molecule has 0 bridgehead atoms. The number of carbonyl (C=O) groups is 1. The van der Waals surface area contributed by atoms with Crippen molar-refractivity contribution < 1.29 is 9.53 Å². The van der Waals surface area contributed by atoms with Crippen LogP contribution in [0.4, 0.5) is 5.82 Å². The second-order valence-electron chi connectivity index (χ2n) is 7.49. The molecule has 0 unspecified atom stereocenters. The summed E-state index contributed by atoms with van der Waals surface area (Å²) in [5, 5.41) is 7.91. The minimum atomic E-state index is -0.258. The van der Waals surface area contributed by atoms with Gasteiger partial charge in [0.05, 0.1) is 34.8 Å². The summed E-state index contributed by atoms with van der Waals surface area (Å²) >= 11 is 0. The van der Waals surface area contributed by atoms with Crippen molar-refractivity contribution >= 4 is 22.6 Å². The summed E-state index contributed by atoms with van der Waals surface area (Å²) in [5.74, 6) is 0.191. The van der Waals surface area contributed by atoms with Gasteiger partial charge in [0, 0.05) is 36.1 Å². The van der Waals surface area contributed by atoms with Gasteiger partial charge in [-0.05, 0) is 39.8 Å². The number of amides is 1. The maximum atomic E-state index is 12.5. The summed E-state index contributed by atoms with van der Waals surface area (Å²) in [5.41, 5.74) is 2.84. The van der Waals surface area contributed by atoms with Crippen molar-refractivity contribution in [2.24, 2.45) is 0 Å². The minimum Gasteiger partial charge on any atom is -0.461 e. The molecule has 154 valence electrons. The zero-order valence-corrected chi connectivity index (χ0v) is 17.2. The Morgan fingerprint density at radius 2 is 2.00 bits per heavy atom. The van der Waals surface area contributed by atoms with E-state index in [9.17, 15) is 4.79 Å². The van der Waals surface area contributed by atoms with Crippen LogP contribution < -0.4 is 10.1 Å². The molecule has 0 spiro atoms. The van der Waals surface area contributed by atoms with Gasteiger partial charge in [-0.2, -0.15) is 10.1 Å². The van der Waals surface area contributed by atoms with Crippen LogP contribution in [0, 0.1) is 0 Å². The third kappa shape index (κ3) is 4.14. The van der Waals surface area contributed by atoms with Crippen molar-refractivity contribution in [3.8, 4) is 17.4 Å². The van der Waals surface area contributed by atoms with Crippen molar-refractivity contribution in [1.82, 2.24) is 29.7 Å². The quantitative estimate of drug-likeness (QED) is 0.504. The molecule has 0 saturated heterocycles. The molecule has 0 aliphatic rings. The van der Waals surface area contributed by atoms with Crippen LogP contribution in [0.15, 0.2) is 43.0 Å². The molecule has 4 heterocycles. The van der Waals surface area contributed by atoms with E-state index >= 15 is 0 Å². The molecule has 9 heteroatoms. The van der Waals surface area contributed by atoms with E-state index in [2.05, 4.69) is 30.4 Å². The largest absolute Gasteiger partial charge is 0.461 e. The SMILES string of the molecule is CC(C)Oc1nccc(-c2cc3cnc(NC(=O)c4cnn(C(C)C)c4)cc3[nH]2)n1. The average molecular weight is 405 g/mol.